The lowest BCUT2D eigenvalue weighted by atomic mass is 9.99. The number of benzene rings is 3. The van der Waals surface area contributed by atoms with Gasteiger partial charge in [-0.15, -0.1) is 0 Å². The van der Waals surface area contributed by atoms with Gasteiger partial charge >= 0.3 is 11.7 Å². The fourth-order valence-electron chi connectivity index (χ4n) is 4.00. The van der Waals surface area contributed by atoms with Gasteiger partial charge in [0.05, 0.1) is 53.2 Å². The van der Waals surface area contributed by atoms with Crippen LogP contribution in [0.4, 0.5) is 11.4 Å². The summed E-state index contributed by atoms with van der Waals surface area (Å²) in [6, 6.07) is 11.4. The van der Waals surface area contributed by atoms with E-state index in [1.54, 1.807) is 31.3 Å². The maximum Gasteiger partial charge on any atom is 0.361 e. The molecule has 0 saturated carbocycles. The number of hydrogen-bond acceptors (Lipinski definition) is 10. The minimum atomic E-state index is -0.917. The Balaban J connectivity index is 1.95. The molecule has 40 heavy (non-hydrogen) atoms. The van der Waals surface area contributed by atoms with Crippen LogP contribution in [0.5, 0.6) is 17.2 Å². The summed E-state index contributed by atoms with van der Waals surface area (Å²) < 4.78 is 16.4. The molecule has 0 fully saturated rings. The van der Waals surface area contributed by atoms with E-state index < -0.39 is 32.9 Å². The SMILES string of the molecule is CCOC(=O)/C(=N\Oc1ccc([N+](=O)[O-])cc1[N+](=O)[O-])c1c(OC)cc(OC)c2c(-c3ccc(Cl)cc3)c[nH]c12. The molecule has 0 aliphatic rings. The molecule has 0 amide bonds. The molecule has 0 atom stereocenters. The molecule has 4 aromatic rings. The summed E-state index contributed by atoms with van der Waals surface area (Å²) in [6.45, 7) is 1.57. The van der Waals surface area contributed by atoms with E-state index in [1.165, 1.54) is 14.2 Å². The summed E-state index contributed by atoms with van der Waals surface area (Å²) in [7, 11) is 2.85. The molecular weight excluding hydrogens is 548 g/mol. The van der Waals surface area contributed by atoms with Gasteiger partial charge in [0.25, 0.3) is 5.69 Å². The summed E-state index contributed by atoms with van der Waals surface area (Å²) in [5.41, 5.74) is 0.367. The first-order valence-electron chi connectivity index (χ1n) is 11.6. The molecule has 0 aliphatic carbocycles. The summed E-state index contributed by atoms with van der Waals surface area (Å²) in [4.78, 5) is 42.6. The molecule has 0 spiro atoms. The van der Waals surface area contributed by atoms with Gasteiger partial charge in [0.1, 0.15) is 11.5 Å². The highest BCUT2D eigenvalue weighted by atomic mass is 35.5. The van der Waals surface area contributed by atoms with E-state index in [2.05, 4.69) is 10.1 Å². The number of nitrogens with zero attached hydrogens (tertiary/aromatic N) is 3. The Morgan fingerprint density at radius 1 is 0.975 bits per heavy atom. The number of methoxy groups -OCH3 is 2. The summed E-state index contributed by atoms with van der Waals surface area (Å²) >= 11 is 6.06. The van der Waals surface area contributed by atoms with Crippen molar-refractivity contribution in [1.82, 2.24) is 4.98 Å². The summed E-state index contributed by atoms with van der Waals surface area (Å²) in [5, 5.41) is 27.7. The molecule has 1 N–H and O–H groups in total. The number of esters is 1. The third-order valence-corrected chi connectivity index (χ3v) is 6.02. The predicted octanol–water partition coefficient (Wildman–Crippen LogP) is 5.67. The number of rotatable bonds is 10. The highest BCUT2D eigenvalue weighted by Crippen LogP contribution is 2.42. The number of fused-ring (bicyclic) bond motifs is 1. The third kappa shape index (κ3) is 5.35. The first kappa shape index (κ1) is 27.9. The fraction of sp³-hybridized carbons (Fsp3) is 0.154. The molecule has 206 valence electrons. The molecule has 1 aromatic heterocycles. The maximum absolute atomic E-state index is 13.1. The van der Waals surface area contributed by atoms with Gasteiger partial charge in [0, 0.05) is 28.9 Å². The molecule has 4 rings (SSSR count). The number of H-pyrrole nitrogens is 1. The number of oxime groups is 1. The lowest BCUT2D eigenvalue weighted by Gasteiger charge is -2.15. The molecule has 0 saturated heterocycles. The number of carbonyl (C=O) groups excluding carboxylic acids is 1. The number of aromatic amines is 1. The molecule has 0 bridgehead atoms. The summed E-state index contributed by atoms with van der Waals surface area (Å²) in [5.74, 6) is -0.784. The zero-order valence-corrected chi connectivity index (χ0v) is 22.1. The van der Waals surface area contributed by atoms with E-state index >= 15 is 0 Å². The van der Waals surface area contributed by atoms with E-state index in [9.17, 15) is 25.0 Å². The van der Waals surface area contributed by atoms with Crippen LogP contribution in [0.1, 0.15) is 12.5 Å². The van der Waals surface area contributed by atoms with E-state index in [1.807, 2.05) is 12.1 Å². The van der Waals surface area contributed by atoms with Gasteiger partial charge < -0.3 is 24.0 Å². The largest absolute Gasteiger partial charge is 0.496 e. The smallest absolute Gasteiger partial charge is 0.361 e. The monoisotopic (exact) mass is 568 g/mol. The minimum Gasteiger partial charge on any atom is -0.496 e. The van der Waals surface area contributed by atoms with Crippen molar-refractivity contribution in [1.29, 1.82) is 0 Å². The first-order chi connectivity index (χ1) is 19.2. The number of hydrogen-bond donors (Lipinski definition) is 1. The van der Waals surface area contributed by atoms with Gasteiger partial charge in [0.15, 0.2) is 0 Å². The standard InChI is InChI=1S/C26H21ClN4O9/c1-4-39-26(32)25(29-40-19-10-9-16(30(33)34)11-18(19)31(35)36)23-21(38-3)12-20(37-2)22-17(13-28-24(22)23)14-5-7-15(27)8-6-14/h5-13,28H,4H2,1-3H3/b29-25-. The average molecular weight is 569 g/mol. The predicted molar refractivity (Wildman–Crippen MR) is 145 cm³/mol. The second kappa shape index (κ2) is 11.7. The number of carbonyl (C=O) groups is 1. The molecule has 14 heteroatoms. The van der Waals surface area contributed by atoms with Crippen molar-refractivity contribution >= 4 is 45.6 Å². The quantitative estimate of drug-likeness (QED) is 0.110. The van der Waals surface area contributed by atoms with Gasteiger partial charge in [-0.1, -0.05) is 28.9 Å². The van der Waals surface area contributed by atoms with E-state index in [0.717, 1.165) is 23.8 Å². The molecule has 3 aromatic carbocycles. The van der Waals surface area contributed by atoms with Gasteiger partial charge in [0.2, 0.25) is 11.5 Å². The zero-order valence-electron chi connectivity index (χ0n) is 21.3. The number of nitro groups is 2. The Labute approximate surface area is 231 Å². The van der Waals surface area contributed by atoms with Crippen molar-refractivity contribution in [3.63, 3.8) is 0 Å². The Bertz CT molecular complexity index is 1650. The van der Waals surface area contributed by atoms with E-state index in [-0.39, 0.29) is 23.6 Å². The topological polar surface area (TPSA) is 168 Å². The fourth-order valence-corrected chi connectivity index (χ4v) is 4.12. The third-order valence-electron chi connectivity index (χ3n) is 5.77. The Morgan fingerprint density at radius 3 is 2.27 bits per heavy atom. The van der Waals surface area contributed by atoms with Crippen LogP contribution >= 0.6 is 11.6 Å². The van der Waals surface area contributed by atoms with Crippen LogP contribution in [0.2, 0.25) is 5.02 Å². The van der Waals surface area contributed by atoms with E-state index in [4.69, 9.17) is 30.6 Å². The summed E-state index contributed by atoms with van der Waals surface area (Å²) in [6.07, 6.45) is 1.70. The molecule has 13 nitrogen and oxygen atoms in total. The second-order valence-electron chi connectivity index (χ2n) is 8.03. The zero-order chi connectivity index (χ0) is 29.0. The first-order valence-corrected chi connectivity index (χ1v) is 11.9. The van der Waals surface area contributed by atoms with Crippen molar-refractivity contribution in [2.75, 3.05) is 20.8 Å². The molecule has 0 aliphatic heterocycles. The number of ether oxygens (including phenoxy) is 3. The highest BCUT2D eigenvalue weighted by Gasteiger charge is 2.29. The molecular formula is C26H21ClN4O9. The number of non-ortho nitro benzene ring substituents is 1. The van der Waals surface area contributed by atoms with Crippen LogP contribution in [0, 0.1) is 20.2 Å². The Hall–Kier alpha value is -5.17. The van der Waals surface area contributed by atoms with Gasteiger partial charge in [-0.25, -0.2) is 4.79 Å². The van der Waals surface area contributed by atoms with Crippen LogP contribution in [-0.2, 0) is 9.53 Å². The van der Waals surface area contributed by atoms with E-state index in [0.29, 0.717) is 27.2 Å². The van der Waals surface area contributed by atoms with Gasteiger partial charge in [-0.05, 0) is 30.7 Å². The lowest BCUT2D eigenvalue weighted by molar-refractivity contribution is -0.394. The Morgan fingerprint density at radius 2 is 1.68 bits per heavy atom. The van der Waals surface area contributed by atoms with Gasteiger partial charge in [-0.3, -0.25) is 20.2 Å². The number of aromatic nitrogens is 1. The van der Waals surface area contributed by atoms with Crippen molar-refractivity contribution in [2.45, 2.75) is 6.92 Å². The van der Waals surface area contributed by atoms with Crippen LogP contribution in [-0.4, -0.2) is 47.3 Å². The van der Waals surface area contributed by atoms with Crippen molar-refractivity contribution < 1.29 is 33.7 Å². The van der Waals surface area contributed by atoms with Crippen molar-refractivity contribution in [3.05, 3.63) is 85.5 Å². The molecule has 1 heterocycles. The normalized spacial score (nSPS) is 11.2. The number of halogens is 1. The van der Waals surface area contributed by atoms with Crippen LogP contribution < -0.4 is 14.3 Å². The van der Waals surface area contributed by atoms with Crippen molar-refractivity contribution in [3.8, 4) is 28.4 Å². The maximum atomic E-state index is 13.1. The van der Waals surface area contributed by atoms with Crippen LogP contribution in [0.15, 0.2) is 59.9 Å². The van der Waals surface area contributed by atoms with Crippen LogP contribution in [0.25, 0.3) is 22.0 Å². The second-order valence-corrected chi connectivity index (χ2v) is 8.47. The Kier molecular flexibility index (Phi) is 8.15. The van der Waals surface area contributed by atoms with Crippen molar-refractivity contribution in [2.24, 2.45) is 5.16 Å². The van der Waals surface area contributed by atoms with Gasteiger partial charge in [-0.2, -0.15) is 0 Å². The molecule has 0 unspecified atom stereocenters. The van der Waals surface area contributed by atoms with Crippen LogP contribution in [0.3, 0.4) is 0 Å². The lowest BCUT2D eigenvalue weighted by Crippen LogP contribution is -2.21. The molecule has 0 radical (unpaired) electrons. The minimum absolute atomic E-state index is 0.0160. The average Bonchev–Trinajstić information content (AvgIpc) is 3.38. The highest BCUT2D eigenvalue weighted by molar-refractivity contribution is 6.46. The number of nitro benzene ring substituents is 2. The number of nitrogens with one attached hydrogen (secondary N) is 1.